The molecule has 2 aromatic rings. The number of anilines is 1. The number of hydrogen-bond donors (Lipinski definition) is 1. The van der Waals surface area contributed by atoms with Gasteiger partial charge in [-0.25, -0.2) is 18.0 Å². The Hall–Kier alpha value is -3.51. The van der Waals surface area contributed by atoms with E-state index in [1.54, 1.807) is 0 Å². The molecule has 0 radical (unpaired) electrons. The first-order valence-corrected chi connectivity index (χ1v) is 11.5. The van der Waals surface area contributed by atoms with Gasteiger partial charge in [-0.15, -0.1) is 0 Å². The summed E-state index contributed by atoms with van der Waals surface area (Å²) in [5.41, 5.74) is -0.741. The molecule has 0 atom stereocenters. The third-order valence-corrected chi connectivity index (χ3v) is 6.93. The van der Waals surface area contributed by atoms with E-state index in [1.165, 1.54) is 59.5 Å². The van der Waals surface area contributed by atoms with Gasteiger partial charge in [0.15, 0.2) is 6.61 Å². The Balaban J connectivity index is 1.59. The molecule has 176 valence electrons. The van der Waals surface area contributed by atoms with Gasteiger partial charge in [0.2, 0.25) is 10.0 Å². The normalized spacial score (nSPS) is 14.5. The number of aryl methyl sites for hydroxylation is 1. The van der Waals surface area contributed by atoms with Gasteiger partial charge in [0, 0.05) is 45.1 Å². The second kappa shape index (κ2) is 9.96. The summed E-state index contributed by atoms with van der Waals surface area (Å²) in [4.78, 5) is 47.8. The highest BCUT2D eigenvalue weighted by Gasteiger charge is 2.27. The Kier molecular flexibility index (Phi) is 7.29. The van der Waals surface area contributed by atoms with Crippen molar-refractivity contribution >= 4 is 33.7 Å². The second-order valence-corrected chi connectivity index (χ2v) is 9.41. The molecule has 1 aliphatic heterocycles. The number of esters is 1. The van der Waals surface area contributed by atoms with Crippen LogP contribution in [0.1, 0.15) is 18.4 Å². The number of carbonyl (C=O) groups is 2. The van der Waals surface area contributed by atoms with Crippen molar-refractivity contribution in [3.8, 4) is 0 Å². The number of rotatable bonds is 7. The SMILES string of the molecule is Cn1cc(/C=C/C(=O)OCC(=O)Nc2cccc(S(=O)(=O)N3CCCC3)c2)c(=O)n(C)c1=O. The summed E-state index contributed by atoms with van der Waals surface area (Å²) in [5.74, 6) is -1.53. The molecule has 1 aliphatic rings. The van der Waals surface area contributed by atoms with Crippen molar-refractivity contribution in [3.05, 3.63) is 62.9 Å². The van der Waals surface area contributed by atoms with E-state index in [1.807, 2.05) is 0 Å². The van der Waals surface area contributed by atoms with E-state index in [9.17, 15) is 27.6 Å². The van der Waals surface area contributed by atoms with Crippen molar-refractivity contribution < 1.29 is 22.7 Å². The first-order chi connectivity index (χ1) is 15.6. The maximum Gasteiger partial charge on any atom is 0.331 e. The Labute approximate surface area is 189 Å². The lowest BCUT2D eigenvalue weighted by Gasteiger charge is -2.16. The predicted molar refractivity (Wildman–Crippen MR) is 120 cm³/mol. The number of sulfonamides is 1. The monoisotopic (exact) mass is 476 g/mol. The zero-order chi connectivity index (χ0) is 24.2. The van der Waals surface area contributed by atoms with Gasteiger partial charge >= 0.3 is 11.7 Å². The molecule has 2 heterocycles. The third kappa shape index (κ3) is 5.65. The van der Waals surface area contributed by atoms with Crippen LogP contribution in [0.5, 0.6) is 0 Å². The molecule has 0 aliphatic carbocycles. The third-order valence-electron chi connectivity index (χ3n) is 5.04. The van der Waals surface area contributed by atoms with Crippen LogP contribution in [0.3, 0.4) is 0 Å². The first kappa shape index (κ1) is 24.1. The van der Waals surface area contributed by atoms with Crippen molar-refractivity contribution in [1.29, 1.82) is 0 Å². The van der Waals surface area contributed by atoms with Crippen LogP contribution in [0.2, 0.25) is 0 Å². The molecule has 0 unspecified atom stereocenters. The lowest BCUT2D eigenvalue weighted by molar-refractivity contribution is -0.142. The van der Waals surface area contributed by atoms with Crippen LogP contribution in [-0.2, 0) is 38.4 Å². The van der Waals surface area contributed by atoms with Crippen LogP contribution in [0.15, 0.2) is 51.0 Å². The standard InChI is InChI=1S/C21H24N4O7S/c1-23-13-15(20(28)24(2)21(23)29)8-9-19(27)32-14-18(26)22-16-6-5-7-17(12-16)33(30,31)25-10-3-4-11-25/h5-9,12-13H,3-4,10-11,14H2,1-2H3,(H,22,26)/b9-8+. The van der Waals surface area contributed by atoms with Gasteiger partial charge < -0.3 is 14.6 Å². The topological polar surface area (TPSA) is 137 Å². The number of nitrogens with zero attached hydrogens (tertiary/aromatic N) is 3. The van der Waals surface area contributed by atoms with Crippen molar-refractivity contribution in [2.75, 3.05) is 25.0 Å². The van der Waals surface area contributed by atoms with E-state index >= 15 is 0 Å². The van der Waals surface area contributed by atoms with Crippen molar-refractivity contribution in [2.24, 2.45) is 14.1 Å². The molecular formula is C21H24N4O7S. The van der Waals surface area contributed by atoms with Gasteiger partial charge in [-0.1, -0.05) is 6.07 Å². The Morgan fingerprint density at radius 3 is 2.55 bits per heavy atom. The van der Waals surface area contributed by atoms with Crippen LogP contribution in [-0.4, -0.2) is 53.4 Å². The highest BCUT2D eigenvalue weighted by atomic mass is 32.2. The predicted octanol–water partition coefficient (Wildman–Crippen LogP) is 0.0636. The Morgan fingerprint density at radius 2 is 1.85 bits per heavy atom. The maximum absolute atomic E-state index is 12.7. The molecule has 33 heavy (non-hydrogen) atoms. The molecular weight excluding hydrogens is 452 g/mol. The molecule has 1 N–H and O–H groups in total. The van der Waals surface area contributed by atoms with Crippen molar-refractivity contribution in [1.82, 2.24) is 13.4 Å². The van der Waals surface area contributed by atoms with Gasteiger partial charge in [0.25, 0.3) is 11.5 Å². The fourth-order valence-electron chi connectivity index (χ4n) is 3.30. The zero-order valence-corrected chi connectivity index (χ0v) is 19.0. The summed E-state index contributed by atoms with van der Waals surface area (Å²) in [6.07, 6.45) is 5.07. The summed E-state index contributed by atoms with van der Waals surface area (Å²) in [7, 11) is -0.849. The average Bonchev–Trinajstić information content (AvgIpc) is 3.34. The quantitative estimate of drug-likeness (QED) is 0.441. The number of hydrogen-bond acceptors (Lipinski definition) is 7. The van der Waals surface area contributed by atoms with E-state index in [2.05, 4.69) is 5.32 Å². The number of ether oxygens (including phenoxy) is 1. The minimum atomic E-state index is -3.63. The number of amides is 1. The fourth-order valence-corrected chi connectivity index (χ4v) is 4.87. The van der Waals surface area contributed by atoms with Crippen LogP contribution in [0, 0.1) is 0 Å². The molecule has 0 saturated carbocycles. The summed E-state index contributed by atoms with van der Waals surface area (Å²) in [6, 6.07) is 5.85. The van der Waals surface area contributed by atoms with E-state index < -0.39 is 39.8 Å². The van der Waals surface area contributed by atoms with Gasteiger partial charge in [-0.05, 0) is 37.1 Å². The summed E-state index contributed by atoms with van der Waals surface area (Å²) < 4.78 is 33.7. The molecule has 12 heteroatoms. The van der Waals surface area contributed by atoms with Crippen LogP contribution < -0.4 is 16.6 Å². The van der Waals surface area contributed by atoms with E-state index in [0.717, 1.165) is 23.5 Å². The van der Waals surface area contributed by atoms with E-state index in [-0.39, 0.29) is 16.1 Å². The molecule has 1 saturated heterocycles. The average molecular weight is 477 g/mol. The zero-order valence-electron chi connectivity index (χ0n) is 18.2. The second-order valence-electron chi connectivity index (χ2n) is 7.47. The van der Waals surface area contributed by atoms with Crippen LogP contribution >= 0.6 is 0 Å². The molecule has 1 aromatic carbocycles. The molecule has 1 aromatic heterocycles. The van der Waals surface area contributed by atoms with Gasteiger partial charge in [0.05, 0.1) is 10.5 Å². The summed E-state index contributed by atoms with van der Waals surface area (Å²) in [6.45, 7) is 0.319. The molecule has 0 spiro atoms. The van der Waals surface area contributed by atoms with Crippen molar-refractivity contribution in [2.45, 2.75) is 17.7 Å². The number of aromatic nitrogens is 2. The van der Waals surface area contributed by atoms with Crippen LogP contribution in [0.4, 0.5) is 5.69 Å². The summed E-state index contributed by atoms with van der Waals surface area (Å²) in [5, 5.41) is 2.49. The molecule has 0 bridgehead atoms. The highest BCUT2D eigenvalue weighted by Crippen LogP contribution is 2.23. The lowest BCUT2D eigenvalue weighted by atomic mass is 10.3. The Morgan fingerprint density at radius 1 is 1.15 bits per heavy atom. The van der Waals surface area contributed by atoms with Gasteiger partial charge in [-0.3, -0.25) is 14.2 Å². The van der Waals surface area contributed by atoms with E-state index in [4.69, 9.17) is 4.74 Å². The number of carbonyl (C=O) groups excluding carboxylic acids is 2. The first-order valence-electron chi connectivity index (χ1n) is 10.1. The van der Waals surface area contributed by atoms with Crippen molar-refractivity contribution in [3.63, 3.8) is 0 Å². The smallest absolute Gasteiger partial charge is 0.331 e. The lowest BCUT2D eigenvalue weighted by Crippen LogP contribution is -2.37. The largest absolute Gasteiger partial charge is 0.452 e. The molecule has 1 amide bonds. The van der Waals surface area contributed by atoms with Crippen LogP contribution in [0.25, 0.3) is 6.08 Å². The minimum Gasteiger partial charge on any atom is -0.452 e. The minimum absolute atomic E-state index is 0.0703. The summed E-state index contributed by atoms with van der Waals surface area (Å²) >= 11 is 0. The van der Waals surface area contributed by atoms with Gasteiger partial charge in [0.1, 0.15) is 0 Å². The van der Waals surface area contributed by atoms with Gasteiger partial charge in [-0.2, -0.15) is 4.31 Å². The highest BCUT2D eigenvalue weighted by molar-refractivity contribution is 7.89. The number of benzene rings is 1. The Bertz CT molecular complexity index is 1320. The molecule has 1 fully saturated rings. The fraction of sp³-hybridized carbons (Fsp3) is 0.333. The molecule has 3 rings (SSSR count). The van der Waals surface area contributed by atoms with E-state index in [0.29, 0.717) is 13.1 Å². The number of nitrogens with one attached hydrogen (secondary N) is 1. The maximum atomic E-state index is 12.7. The molecule has 11 nitrogen and oxygen atoms in total.